The van der Waals surface area contributed by atoms with Crippen molar-refractivity contribution in [2.45, 2.75) is 13.3 Å². The van der Waals surface area contributed by atoms with Gasteiger partial charge in [0.15, 0.2) is 11.6 Å². The molecule has 0 bridgehead atoms. The maximum Gasteiger partial charge on any atom is 0.275 e. The highest BCUT2D eigenvalue weighted by Crippen LogP contribution is 2.24. The van der Waals surface area contributed by atoms with Gasteiger partial charge in [0.1, 0.15) is 5.69 Å². The lowest BCUT2D eigenvalue weighted by Crippen LogP contribution is -2.05. The molecule has 0 spiro atoms. The van der Waals surface area contributed by atoms with E-state index in [0.717, 1.165) is 0 Å². The Labute approximate surface area is 97.1 Å². The van der Waals surface area contributed by atoms with Gasteiger partial charge in [0.25, 0.3) is 5.69 Å². The molecule has 4 nitrogen and oxygen atoms in total. The third-order valence-corrected chi connectivity index (χ3v) is 2.09. The maximum absolute atomic E-state index is 13.4. The third-order valence-electron chi connectivity index (χ3n) is 2.09. The van der Waals surface area contributed by atoms with Gasteiger partial charge >= 0.3 is 0 Å². The van der Waals surface area contributed by atoms with Crippen LogP contribution in [0, 0.1) is 21.7 Å². The Morgan fingerprint density at radius 2 is 2.00 bits per heavy atom. The summed E-state index contributed by atoms with van der Waals surface area (Å²) in [5, 5.41) is 12.9. The number of benzene rings is 1. The molecular formula is C11H12F2N2O2. The molecule has 0 aliphatic heterocycles. The Bertz CT molecular complexity index is 424. The van der Waals surface area contributed by atoms with Gasteiger partial charge in [0.2, 0.25) is 0 Å². The summed E-state index contributed by atoms with van der Waals surface area (Å²) in [4.78, 5) is 9.52. The van der Waals surface area contributed by atoms with Gasteiger partial charge < -0.3 is 5.32 Å². The summed E-state index contributed by atoms with van der Waals surface area (Å²) in [6.45, 7) is 2.20. The van der Waals surface area contributed by atoms with E-state index in [1.165, 1.54) is 0 Å². The van der Waals surface area contributed by atoms with E-state index in [-0.39, 0.29) is 5.69 Å². The van der Waals surface area contributed by atoms with Gasteiger partial charge in [-0.2, -0.15) is 0 Å². The fourth-order valence-electron chi connectivity index (χ4n) is 1.28. The van der Waals surface area contributed by atoms with Crippen LogP contribution in [0.3, 0.4) is 0 Å². The van der Waals surface area contributed by atoms with E-state index in [1.807, 2.05) is 19.1 Å². The van der Waals surface area contributed by atoms with Crippen LogP contribution < -0.4 is 5.32 Å². The molecule has 1 rings (SSSR count). The lowest BCUT2D eigenvalue weighted by Gasteiger charge is -2.07. The minimum atomic E-state index is -0.961. The van der Waals surface area contributed by atoms with Crippen LogP contribution in [0.1, 0.15) is 13.3 Å². The molecule has 6 heteroatoms. The van der Waals surface area contributed by atoms with Crippen molar-refractivity contribution in [3.05, 3.63) is 46.0 Å². The van der Waals surface area contributed by atoms with Crippen molar-refractivity contribution in [1.29, 1.82) is 0 Å². The molecule has 0 saturated heterocycles. The van der Waals surface area contributed by atoms with Crippen molar-refractivity contribution in [2.24, 2.45) is 0 Å². The second kappa shape index (κ2) is 5.93. The smallest absolute Gasteiger partial charge is 0.275 e. The van der Waals surface area contributed by atoms with Gasteiger partial charge in [-0.1, -0.05) is 12.2 Å². The predicted octanol–water partition coefficient (Wildman–Crippen LogP) is 3.25. The van der Waals surface area contributed by atoms with E-state index in [1.54, 1.807) is 0 Å². The number of hydrogen-bond donors (Lipinski definition) is 1. The molecule has 0 aliphatic carbocycles. The molecule has 1 N–H and O–H groups in total. The normalized spacial score (nSPS) is 10.8. The molecule has 0 atom stereocenters. The molecular weight excluding hydrogens is 230 g/mol. The Hall–Kier alpha value is -1.98. The van der Waals surface area contributed by atoms with Crippen LogP contribution in [-0.2, 0) is 0 Å². The van der Waals surface area contributed by atoms with E-state index in [4.69, 9.17) is 0 Å². The number of nitro benzene ring substituents is 1. The maximum atomic E-state index is 13.4. The molecule has 0 aromatic heterocycles. The first-order chi connectivity index (χ1) is 8.06. The topological polar surface area (TPSA) is 55.2 Å². The van der Waals surface area contributed by atoms with Crippen molar-refractivity contribution in [3.63, 3.8) is 0 Å². The van der Waals surface area contributed by atoms with E-state index >= 15 is 0 Å². The Morgan fingerprint density at radius 3 is 2.47 bits per heavy atom. The Balaban J connectivity index is 2.82. The van der Waals surface area contributed by atoms with Gasteiger partial charge in [-0.15, -0.1) is 0 Å². The van der Waals surface area contributed by atoms with Crippen LogP contribution in [0.5, 0.6) is 0 Å². The second-order valence-corrected chi connectivity index (χ2v) is 3.33. The molecule has 1 aromatic rings. The number of halogens is 2. The average molecular weight is 242 g/mol. The molecule has 0 radical (unpaired) electrons. The summed E-state index contributed by atoms with van der Waals surface area (Å²) in [6.07, 6.45) is 4.28. The standard InChI is InChI=1S/C11H12F2N2O2/c1-2-3-4-5-14-11-9(12)6-8(15(16)17)7-10(11)13/h2-3,6-7,14H,4-5H2,1H3/b3-2+. The molecule has 0 fully saturated rings. The molecule has 92 valence electrons. The Kier molecular flexibility index (Phi) is 4.56. The zero-order valence-electron chi connectivity index (χ0n) is 9.24. The highest BCUT2D eigenvalue weighted by Gasteiger charge is 2.16. The van der Waals surface area contributed by atoms with Crippen molar-refractivity contribution >= 4 is 11.4 Å². The van der Waals surface area contributed by atoms with E-state index in [2.05, 4.69) is 5.32 Å². The minimum absolute atomic E-state index is 0.333. The number of nitro groups is 1. The zero-order chi connectivity index (χ0) is 12.8. The number of non-ortho nitro benzene ring substituents is 1. The summed E-state index contributed by atoms with van der Waals surface area (Å²) < 4.78 is 26.7. The summed E-state index contributed by atoms with van der Waals surface area (Å²) in [5.74, 6) is -1.92. The second-order valence-electron chi connectivity index (χ2n) is 3.33. The zero-order valence-corrected chi connectivity index (χ0v) is 9.24. The molecule has 0 amide bonds. The minimum Gasteiger partial charge on any atom is -0.380 e. The molecule has 0 unspecified atom stereocenters. The average Bonchev–Trinajstić information content (AvgIpc) is 2.26. The number of nitrogens with zero attached hydrogens (tertiary/aromatic N) is 1. The monoisotopic (exact) mass is 242 g/mol. The van der Waals surface area contributed by atoms with E-state index in [0.29, 0.717) is 25.1 Å². The van der Waals surface area contributed by atoms with Crippen LogP contribution >= 0.6 is 0 Å². The summed E-state index contributed by atoms with van der Waals surface area (Å²) in [6, 6.07) is 1.39. The number of rotatable bonds is 5. The van der Waals surface area contributed by atoms with Crippen molar-refractivity contribution in [1.82, 2.24) is 0 Å². The molecule has 0 aliphatic rings. The van der Waals surface area contributed by atoms with Crippen LogP contribution in [-0.4, -0.2) is 11.5 Å². The summed E-state index contributed by atoms with van der Waals surface area (Å²) in [5.41, 5.74) is -0.931. The largest absolute Gasteiger partial charge is 0.380 e. The van der Waals surface area contributed by atoms with Crippen LogP contribution in [0.2, 0.25) is 0 Å². The first-order valence-electron chi connectivity index (χ1n) is 5.04. The van der Waals surface area contributed by atoms with Gasteiger partial charge in [0, 0.05) is 6.54 Å². The number of allylic oxidation sites excluding steroid dienone is 1. The number of anilines is 1. The summed E-state index contributed by atoms with van der Waals surface area (Å²) >= 11 is 0. The van der Waals surface area contributed by atoms with Crippen LogP contribution in [0.25, 0.3) is 0 Å². The lowest BCUT2D eigenvalue weighted by molar-refractivity contribution is -0.385. The van der Waals surface area contributed by atoms with Gasteiger partial charge in [-0.25, -0.2) is 8.78 Å². The fourth-order valence-corrected chi connectivity index (χ4v) is 1.28. The van der Waals surface area contributed by atoms with Crippen LogP contribution in [0.4, 0.5) is 20.2 Å². The van der Waals surface area contributed by atoms with E-state index < -0.39 is 22.2 Å². The number of hydrogen-bond acceptors (Lipinski definition) is 3. The highest BCUT2D eigenvalue weighted by atomic mass is 19.1. The first kappa shape index (κ1) is 13.1. The van der Waals surface area contributed by atoms with Crippen molar-refractivity contribution in [3.8, 4) is 0 Å². The van der Waals surface area contributed by atoms with Gasteiger partial charge in [-0.05, 0) is 13.3 Å². The molecule has 0 heterocycles. The third kappa shape index (κ3) is 3.51. The van der Waals surface area contributed by atoms with E-state index in [9.17, 15) is 18.9 Å². The van der Waals surface area contributed by atoms with Gasteiger partial charge in [-0.3, -0.25) is 10.1 Å². The quantitative estimate of drug-likeness (QED) is 0.373. The van der Waals surface area contributed by atoms with Crippen LogP contribution in [0.15, 0.2) is 24.3 Å². The molecule has 17 heavy (non-hydrogen) atoms. The molecule has 1 aromatic carbocycles. The molecule has 0 saturated carbocycles. The first-order valence-corrected chi connectivity index (χ1v) is 5.04. The Morgan fingerprint density at radius 1 is 1.41 bits per heavy atom. The van der Waals surface area contributed by atoms with Gasteiger partial charge in [0.05, 0.1) is 17.1 Å². The number of nitrogens with one attached hydrogen (secondary N) is 1. The predicted molar refractivity (Wildman–Crippen MR) is 60.9 cm³/mol. The van der Waals surface area contributed by atoms with Crippen molar-refractivity contribution in [2.75, 3.05) is 11.9 Å². The van der Waals surface area contributed by atoms with Crippen molar-refractivity contribution < 1.29 is 13.7 Å². The fraction of sp³-hybridized carbons (Fsp3) is 0.273. The SMILES string of the molecule is C/C=C/CCNc1c(F)cc([N+](=O)[O-])cc1F. The lowest BCUT2D eigenvalue weighted by atomic mass is 10.2. The highest BCUT2D eigenvalue weighted by molar-refractivity contribution is 5.51. The summed E-state index contributed by atoms with van der Waals surface area (Å²) in [7, 11) is 0.